The van der Waals surface area contributed by atoms with Crippen LogP contribution in [0.15, 0.2) is 22.7 Å². The van der Waals surface area contributed by atoms with Crippen LogP contribution in [0.4, 0.5) is 10.1 Å². The first kappa shape index (κ1) is 11.9. The zero-order valence-corrected chi connectivity index (χ0v) is 10.6. The lowest BCUT2D eigenvalue weighted by atomic mass is 10.1. The summed E-state index contributed by atoms with van der Waals surface area (Å²) in [5.74, 6) is -0.237. The summed E-state index contributed by atoms with van der Waals surface area (Å²) in [4.78, 5) is 0. The molecule has 0 aliphatic carbocycles. The van der Waals surface area contributed by atoms with E-state index < -0.39 is 0 Å². The molecule has 1 aromatic carbocycles. The first-order chi connectivity index (χ1) is 7.75. The number of hydrogen-bond acceptors (Lipinski definition) is 2. The van der Waals surface area contributed by atoms with Crippen LogP contribution in [0.2, 0.25) is 0 Å². The Bertz CT molecular complexity index is 353. The van der Waals surface area contributed by atoms with E-state index in [9.17, 15) is 4.39 Å². The minimum Gasteiger partial charge on any atom is -0.382 e. The maximum Gasteiger partial charge on any atom is 0.137 e. The van der Waals surface area contributed by atoms with Crippen molar-refractivity contribution >= 4 is 21.6 Å². The predicted octanol–water partition coefficient (Wildman–Crippen LogP) is 3.57. The Labute approximate surface area is 103 Å². The molecule has 1 atom stereocenters. The Balaban J connectivity index is 1.86. The first-order valence-corrected chi connectivity index (χ1v) is 6.35. The molecule has 1 unspecified atom stereocenters. The van der Waals surface area contributed by atoms with E-state index in [2.05, 4.69) is 21.2 Å². The summed E-state index contributed by atoms with van der Waals surface area (Å²) in [5.41, 5.74) is 0.919. The van der Waals surface area contributed by atoms with Crippen LogP contribution in [-0.2, 0) is 4.74 Å². The molecular weight excluding hydrogens is 273 g/mol. The number of benzene rings is 1. The summed E-state index contributed by atoms with van der Waals surface area (Å²) >= 11 is 3.17. The number of rotatable bonds is 3. The minimum absolute atomic E-state index is 0.237. The molecule has 0 aromatic heterocycles. The Morgan fingerprint density at radius 2 is 2.31 bits per heavy atom. The zero-order valence-electron chi connectivity index (χ0n) is 9.01. The van der Waals surface area contributed by atoms with Gasteiger partial charge in [-0.3, -0.25) is 0 Å². The number of ether oxygens (including phenoxy) is 1. The van der Waals surface area contributed by atoms with E-state index in [1.54, 1.807) is 12.1 Å². The Hall–Kier alpha value is -0.610. The van der Waals surface area contributed by atoms with Gasteiger partial charge < -0.3 is 10.1 Å². The van der Waals surface area contributed by atoms with Gasteiger partial charge in [0.05, 0.1) is 10.6 Å². The van der Waals surface area contributed by atoms with E-state index in [4.69, 9.17) is 4.74 Å². The molecule has 2 nitrogen and oxygen atoms in total. The number of halogens is 2. The molecule has 0 radical (unpaired) electrons. The molecule has 0 bridgehead atoms. The highest BCUT2D eigenvalue weighted by atomic mass is 79.9. The van der Waals surface area contributed by atoms with Crippen LogP contribution in [-0.4, -0.2) is 19.3 Å². The van der Waals surface area contributed by atoms with Crippen molar-refractivity contribution in [2.45, 2.75) is 25.4 Å². The molecule has 16 heavy (non-hydrogen) atoms. The topological polar surface area (TPSA) is 21.3 Å². The van der Waals surface area contributed by atoms with E-state index in [0.29, 0.717) is 4.47 Å². The van der Waals surface area contributed by atoms with E-state index >= 15 is 0 Å². The summed E-state index contributed by atoms with van der Waals surface area (Å²) in [7, 11) is 0. The number of anilines is 1. The van der Waals surface area contributed by atoms with Gasteiger partial charge in [-0.15, -0.1) is 0 Å². The Morgan fingerprint density at radius 3 is 3.00 bits per heavy atom. The van der Waals surface area contributed by atoms with Crippen molar-refractivity contribution in [3.8, 4) is 0 Å². The molecule has 1 saturated heterocycles. The van der Waals surface area contributed by atoms with Crippen molar-refractivity contribution in [1.82, 2.24) is 0 Å². The molecule has 88 valence electrons. The average Bonchev–Trinajstić information content (AvgIpc) is 2.32. The molecule has 0 amide bonds. The van der Waals surface area contributed by atoms with Crippen LogP contribution in [0.3, 0.4) is 0 Å². The molecule has 0 spiro atoms. The van der Waals surface area contributed by atoms with Crippen molar-refractivity contribution < 1.29 is 9.13 Å². The van der Waals surface area contributed by atoms with Crippen molar-refractivity contribution in [1.29, 1.82) is 0 Å². The molecule has 2 rings (SSSR count). The van der Waals surface area contributed by atoms with Gasteiger partial charge in [0, 0.05) is 18.8 Å². The van der Waals surface area contributed by atoms with E-state index in [0.717, 1.165) is 25.3 Å². The third-order valence-electron chi connectivity index (χ3n) is 2.73. The van der Waals surface area contributed by atoms with Crippen molar-refractivity contribution in [3.05, 3.63) is 28.5 Å². The normalized spacial score (nSPS) is 20.8. The standard InChI is InChI=1S/C12H15BrFNO/c13-11-7-9(4-5-12(11)14)15-8-10-3-1-2-6-16-10/h4-5,7,10,15H,1-3,6,8H2. The second-order valence-electron chi connectivity index (χ2n) is 4.00. The molecule has 1 fully saturated rings. The maximum atomic E-state index is 13.0. The van der Waals surface area contributed by atoms with Crippen LogP contribution in [0.25, 0.3) is 0 Å². The van der Waals surface area contributed by atoms with Crippen LogP contribution < -0.4 is 5.32 Å². The lowest BCUT2D eigenvalue weighted by Gasteiger charge is -2.23. The fourth-order valence-corrected chi connectivity index (χ4v) is 2.18. The molecule has 1 N–H and O–H groups in total. The second-order valence-corrected chi connectivity index (χ2v) is 4.85. The Kier molecular flexibility index (Phi) is 4.18. The van der Waals surface area contributed by atoms with Gasteiger partial charge in [-0.05, 0) is 53.4 Å². The SMILES string of the molecule is Fc1ccc(NCC2CCCCO2)cc1Br. The quantitative estimate of drug-likeness (QED) is 0.918. The predicted molar refractivity (Wildman–Crippen MR) is 66.2 cm³/mol. The van der Waals surface area contributed by atoms with Crippen LogP contribution in [0.1, 0.15) is 19.3 Å². The smallest absolute Gasteiger partial charge is 0.137 e. The first-order valence-electron chi connectivity index (χ1n) is 5.56. The third kappa shape index (κ3) is 3.19. The van der Waals surface area contributed by atoms with Gasteiger partial charge in [0.1, 0.15) is 5.82 Å². The zero-order chi connectivity index (χ0) is 11.4. The fourth-order valence-electron chi connectivity index (χ4n) is 1.81. The summed E-state index contributed by atoms with van der Waals surface area (Å²) in [6, 6.07) is 4.94. The highest BCUT2D eigenvalue weighted by Crippen LogP contribution is 2.20. The Morgan fingerprint density at radius 1 is 1.44 bits per heavy atom. The van der Waals surface area contributed by atoms with Gasteiger partial charge in [-0.25, -0.2) is 4.39 Å². The van der Waals surface area contributed by atoms with Crippen molar-refractivity contribution in [2.24, 2.45) is 0 Å². The van der Waals surface area contributed by atoms with Gasteiger partial charge in [-0.1, -0.05) is 0 Å². The minimum atomic E-state index is -0.237. The van der Waals surface area contributed by atoms with Gasteiger partial charge in [0.25, 0.3) is 0 Å². The average molecular weight is 288 g/mol. The number of hydrogen-bond donors (Lipinski definition) is 1. The van der Waals surface area contributed by atoms with E-state index in [1.165, 1.54) is 18.9 Å². The summed E-state index contributed by atoms with van der Waals surface area (Å²) in [5, 5.41) is 3.26. The van der Waals surface area contributed by atoms with Crippen molar-refractivity contribution in [2.75, 3.05) is 18.5 Å². The lowest BCUT2D eigenvalue weighted by molar-refractivity contribution is 0.0247. The third-order valence-corrected chi connectivity index (χ3v) is 3.34. The van der Waals surface area contributed by atoms with Gasteiger partial charge in [0.2, 0.25) is 0 Å². The molecule has 1 heterocycles. The summed E-state index contributed by atoms with van der Waals surface area (Å²) in [6.07, 6.45) is 3.80. The van der Waals surface area contributed by atoms with Crippen LogP contribution >= 0.6 is 15.9 Å². The number of nitrogens with one attached hydrogen (secondary N) is 1. The largest absolute Gasteiger partial charge is 0.382 e. The highest BCUT2D eigenvalue weighted by Gasteiger charge is 2.13. The lowest BCUT2D eigenvalue weighted by Crippen LogP contribution is -2.26. The molecule has 1 aliphatic heterocycles. The second kappa shape index (κ2) is 5.64. The van der Waals surface area contributed by atoms with E-state index in [1.807, 2.05) is 0 Å². The molecule has 1 aromatic rings. The maximum absolute atomic E-state index is 13.0. The van der Waals surface area contributed by atoms with Crippen LogP contribution in [0.5, 0.6) is 0 Å². The fraction of sp³-hybridized carbons (Fsp3) is 0.500. The monoisotopic (exact) mass is 287 g/mol. The molecule has 1 aliphatic rings. The summed E-state index contributed by atoms with van der Waals surface area (Å²) < 4.78 is 19.1. The highest BCUT2D eigenvalue weighted by molar-refractivity contribution is 9.10. The molecule has 4 heteroatoms. The van der Waals surface area contributed by atoms with Gasteiger partial charge >= 0.3 is 0 Å². The molecule has 0 saturated carbocycles. The summed E-state index contributed by atoms with van der Waals surface area (Å²) in [6.45, 7) is 1.65. The van der Waals surface area contributed by atoms with Gasteiger partial charge in [0.15, 0.2) is 0 Å². The van der Waals surface area contributed by atoms with Crippen molar-refractivity contribution in [3.63, 3.8) is 0 Å². The van der Waals surface area contributed by atoms with Gasteiger partial charge in [-0.2, -0.15) is 0 Å². The van der Waals surface area contributed by atoms with E-state index in [-0.39, 0.29) is 11.9 Å². The van der Waals surface area contributed by atoms with Crippen LogP contribution in [0, 0.1) is 5.82 Å². The molecular formula is C12H15BrFNO.